The zero-order valence-corrected chi connectivity index (χ0v) is 18.0. The van der Waals surface area contributed by atoms with Crippen molar-refractivity contribution in [1.82, 2.24) is 9.97 Å². The largest absolute Gasteiger partial charge is 0.416 e. The van der Waals surface area contributed by atoms with Gasteiger partial charge in [-0.15, -0.1) is 0 Å². The number of ether oxygens (including phenoxy) is 2. The van der Waals surface area contributed by atoms with Gasteiger partial charge >= 0.3 is 6.18 Å². The molecule has 1 aromatic carbocycles. The molecule has 1 unspecified atom stereocenters. The SMILES string of the molecule is COC1(CCc2ncnc(N3CCCC3c3ccc(C(F)(F)F)cc3)c2F)CCOCC1. The van der Waals surface area contributed by atoms with Crippen molar-refractivity contribution >= 4 is 5.82 Å². The van der Waals surface area contributed by atoms with Crippen molar-refractivity contribution in [2.24, 2.45) is 0 Å². The molecule has 1 atom stereocenters. The number of hydrogen-bond acceptors (Lipinski definition) is 5. The van der Waals surface area contributed by atoms with Crippen molar-refractivity contribution in [2.45, 2.75) is 56.3 Å². The number of methoxy groups -OCH3 is 1. The van der Waals surface area contributed by atoms with Crippen molar-refractivity contribution < 1.29 is 27.0 Å². The summed E-state index contributed by atoms with van der Waals surface area (Å²) in [4.78, 5) is 10.2. The lowest BCUT2D eigenvalue weighted by Gasteiger charge is -2.36. The van der Waals surface area contributed by atoms with Crippen LogP contribution in [0.15, 0.2) is 30.6 Å². The fourth-order valence-electron chi connectivity index (χ4n) is 4.68. The van der Waals surface area contributed by atoms with E-state index in [1.807, 2.05) is 4.90 Å². The molecule has 0 radical (unpaired) electrons. The van der Waals surface area contributed by atoms with E-state index in [2.05, 4.69) is 9.97 Å². The Balaban J connectivity index is 1.53. The summed E-state index contributed by atoms with van der Waals surface area (Å²) < 4.78 is 65.3. The first kappa shape index (κ1) is 22.9. The molecule has 32 heavy (non-hydrogen) atoms. The number of nitrogens with zero attached hydrogens (tertiary/aromatic N) is 3. The molecule has 4 rings (SSSR count). The molecule has 9 heteroatoms. The van der Waals surface area contributed by atoms with Crippen LogP contribution in [0.1, 0.15) is 55.0 Å². The predicted octanol–water partition coefficient (Wildman–Crippen LogP) is 5.10. The number of halogens is 4. The molecule has 0 saturated carbocycles. The second-order valence-electron chi connectivity index (χ2n) is 8.43. The summed E-state index contributed by atoms with van der Waals surface area (Å²) in [6.45, 7) is 1.82. The van der Waals surface area contributed by atoms with E-state index in [0.717, 1.165) is 43.4 Å². The zero-order valence-electron chi connectivity index (χ0n) is 18.0. The second kappa shape index (κ2) is 9.31. The monoisotopic (exact) mass is 453 g/mol. The third-order valence-electron chi connectivity index (χ3n) is 6.65. The minimum absolute atomic E-state index is 0.204. The summed E-state index contributed by atoms with van der Waals surface area (Å²) in [5, 5.41) is 0. The molecule has 174 valence electrons. The number of benzene rings is 1. The van der Waals surface area contributed by atoms with Crippen LogP contribution in [0.3, 0.4) is 0 Å². The Hall–Kier alpha value is -2.26. The lowest BCUT2D eigenvalue weighted by Crippen LogP contribution is -2.38. The summed E-state index contributed by atoms with van der Waals surface area (Å²) in [5.74, 6) is -0.263. The summed E-state index contributed by atoms with van der Waals surface area (Å²) in [6, 6.07) is 4.87. The first-order chi connectivity index (χ1) is 15.3. The number of anilines is 1. The molecule has 2 aliphatic rings. The Morgan fingerprint density at radius 3 is 2.53 bits per heavy atom. The molecule has 1 aromatic heterocycles. The van der Waals surface area contributed by atoms with Crippen LogP contribution in [0.5, 0.6) is 0 Å². The van der Waals surface area contributed by atoms with Gasteiger partial charge in [-0.05, 0) is 56.2 Å². The van der Waals surface area contributed by atoms with Crippen LogP contribution in [0.25, 0.3) is 0 Å². The van der Waals surface area contributed by atoms with Crippen molar-refractivity contribution in [3.63, 3.8) is 0 Å². The third kappa shape index (κ3) is 4.73. The van der Waals surface area contributed by atoms with Gasteiger partial charge in [0.25, 0.3) is 0 Å². The highest BCUT2D eigenvalue weighted by molar-refractivity contribution is 5.46. The normalized spacial score (nSPS) is 21.2. The van der Waals surface area contributed by atoms with Gasteiger partial charge in [-0.2, -0.15) is 13.2 Å². The van der Waals surface area contributed by atoms with Gasteiger partial charge < -0.3 is 14.4 Å². The standard InChI is InChI=1S/C23H27F4N3O2/c1-31-22(10-13-32-14-11-22)9-8-18-20(24)21(29-15-28-18)30-12-2-3-19(30)16-4-6-17(7-5-16)23(25,26)27/h4-7,15,19H,2-3,8-14H2,1H3. The molecule has 5 nitrogen and oxygen atoms in total. The first-order valence-electron chi connectivity index (χ1n) is 10.9. The maximum absolute atomic E-state index is 15.4. The van der Waals surface area contributed by atoms with Gasteiger partial charge in [0.2, 0.25) is 0 Å². The number of rotatable bonds is 6. The molecule has 2 saturated heterocycles. The van der Waals surface area contributed by atoms with Gasteiger partial charge in [-0.25, -0.2) is 14.4 Å². The molecule has 0 aliphatic carbocycles. The quantitative estimate of drug-likeness (QED) is 0.570. The number of aryl methyl sites for hydroxylation is 1. The maximum atomic E-state index is 15.4. The molecule has 0 bridgehead atoms. The van der Waals surface area contributed by atoms with Crippen molar-refractivity contribution in [1.29, 1.82) is 0 Å². The fourth-order valence-corrected chi connectivity index (χ4v) is 4.68. The molecule has 3 heterocycles. The van der Waals surface area contributed by atoms with Gasteiger partial charge in [-0.1, -0.05) is 12.1 Å². The Bertz CT molecular complexity index is 914. The molecule has 2 aliphatic heterocycles. The lowest BCUT2D eigenvalue weighted by molar-refractivity contribution is -0.137. The zero-order chi connectivity index (χ0) is 22.8. The summed E-state index contributed by atoms with van der Waals surface area (Å²) in [5.41, 5.74) is 0.0136. The van der Waals surface area contributed by atoms with Crippen LogP contribution in [-0.4, -0.2) is 42.4 Å². The predicted molar refractivity (Wildman–Crippen MR) is 111 cm³/mol. The Morgan fingerprint density at radius 1 is 1.16 bits per heavy atom. The Morgan fingerprint density at radius 2 is 1.88 bits per heavy atom. The maximum Gasteiger partial charge on any atom is 0.416 e. The Labute approximate surface area is 184 Å². The highest BCUT2D eigenvalue weighted by Crippen LogP contribution is 2.38. The average Bonchev–Trinajstić information content (AvgIpc) is 3.28. The molecule has 0 amide bonds. The van der Waals surface area contributed by atoms with E-state index >= 15 is 4.39 Å². The molecule has 0 N–H and O–H groups in total. The van der Waals surface area contributed by atoms with Crippen LogP contribution in [0.4, 0.5) is 23.4 Å². The van der Waals surface area contributed by atoms with Gasteiger partial charge in [0.05, 0.1) is 22.9 Å². The highest BCUT2D eigenvalue weighted by Gasteiger charge is 2.35. The molecular formula is C23H27F4N3O2. The van der Waals surface area contributed by atoms with E-state index in [1.54, 1.807) is 7.11 Å². The smallest absolute Gasteiger partial charge is 0.381 e. The molecule has 0 spiro atoms. The summed E-state index contributed by atoms with van der Waals surface area (Å²) >= 11 is 0. The van der Waals surface area contributed by atoms with E-state index in [1.165, 1.54) is 18.5 Å². The van der Waals surface area contributed by atoms with Crippen LogP contribution in [0.2, 0.25) is 0 Å². The topological polar surface area (TPSA) is 47.5 Å². The van der Waals surface area contributed by atoms with Gasteiger partial charge in [0, 0.05) is 26.9 Å². The summed E-state index contributed by atoms with van der Waals surface area (Å²) in [7, 11) is 1.67. The van der Waals surface area contributed by atoms with Crippen molar-refractivity contribution in [2.75, 3.05) is 31.8 Å². The fraction of sp³-hybridized carbons (Fsp3) is 0.565. The van der Waals surface area contributed by atoms with Crippen LogP contribution in [-0.2, 0) is 22.1 Å². The molecular weight excluding hydrogens is 426 g/mol. The number of alkyl halides is 3. The molecule has 2 aromatic rings. The van der Waals surface area contributed by atoms with E-state index < -0.39 is 17.6 Å². The third-order valence-corrected chi connectivity index (χ3v) is 6.65. The van der Waals surface area contributed by atoms with Gasteiger partial charge in [0.15, 0.2) is 11.6 Å². The van der Waals surface area contributed by atoms with Crippen molar-refractivity contribution in [3.8, 4) is 0 Å². The first-order valence-corrected chi connectivity index (χ1v) is 10.9. The molecule has 2 fully saturated rings. The van der Waals surface area contributed by atoms with Crippen molar-refractivity contribution in [3.05, 3.63) is 53.2 Å². The number of aromatic nitrogens is 2. The van der Waals surface area contributed by atoms with Crippen LogP contribution < -0.4 is 4.90 Å². The van der Waals surface area contributed by atoms with E-state index in [-0.39, 0.29) is 17.5 Å². The highest BCUT2D eigenvalue weighted by atomic mass is 19.4. The lowest BCUT2D eigenvalue weighted by atomic mass is 9.88. The van der Waals surface area contributed by atoms with Crippen LogP contribution in [0, 0.1) is 5.82 Å². The second-order valence-corrected chi connectivity index (χ2v) is 8.43. The van der Waals surface area contributed by atoms with Crippen LogP contribution >= 0.6 is 0 Å². The average molecular weight is 453 g/mol. The van der Waals surface area contributed by atoms with Gasteiger partial charge in [-0.3, -0.25) is 0 Å². The number of hydrogen-bond donors (Lipinski definition) is 0. The van der Waals surface area contributed by atoms with Gasteiger partial charge in [0.1, 0.15) is 6.33 Å². The minimum Gasteiger partial charge on any atom is -0.381 e. The summed E-state index contributed by atoms with van der Waals surface area (Å²) in [6.07, 6.45) is 1.05. The van der Waals surface area contributed by atoms with E-state index in [4.69, 9.17) is 9.47 Å². The van der Waals surface area contributed by atoms with E-state index in [0.29, 0.717) is 38.3 Å². The van der Waals surface area contributed by atoms with E-state index in [9.17, 15) is 13.2 Å². The Kier molecular flexibility index (Phi) is 6.67. The minimum atomic E-state index is -4.38.